The number of halogens is 7. The van der Waals surface area contributed by atoms with Gasteiger partial charge in [0.15, 0.2) is 12.4 Å². The van der Waals surface area contributed by atoms with Gasteiger partial charge in [-0.15, -0.1) is 0 Å². The van der Waals surface area contributed by atoms with Crippen LogP contribution in [0.4, 0.5) is 31.1 Å². The molecule has 2 atom stereocenters. The van der Waals surface area contributed by atoms with E-state index in [4.69, 9.17) is 11.6 Å². The first-order valence-corrected chi connectivity index (χ1v) is 8.68. The van der Waals surface area contributed by atoms with Gasteiger partial charge in [-0.3, -0.25) is 4.79 Å². The third-order valence-corrected chi connectivity index (χ3v) is 4.15. The highest BCUT2D eigenvalue weighted by atomic mass is 35.5. The van der Waals surface area contributed by atoms with Crippen molar-refractivity contribution in [2.24, 2.45) is 5.92 Å². The first-order valence-electron chi connectivity index (χ1n) is 8.30. The van der Waals surface area contributed by atoms with Gasteiger partial charge in [-0.05, 0) is 17.7 Å². The molecule has 162 valence electrons. The van der Waals surface area contributed by atoms with Crippen LogP contribution in [0.2, 0.25) is 5.02 Å². The summed E-state index contributed by atoms with van der Waals surface area (Å²) in [7, 11) is 0. The standard InChI is InChI=1S/C19H14ClF6NO3/c20-13-8-6-11(7-9-13)15(27-17(29)30-10-18(21,22)23)14(19(24,25)26)16(28)12-4-2-1-3-5-12/h1-9,14-15H,10H2,(H,27,29). The van der Waals surface area contributed by atoms with E-state index in [1.165, 1.54) is 30.3 Å². The lowest BCUT2D eigenvalue weighted by Gasteiger charge is -2.29. The molecule has 0 fully saturated rings. The van der Waals surface area contributed by atoms with E-state index in [-0.39, 0.29) is 16.1 Å². The number of carbonyl (C=O) groups is 2. The Morgan fingerprint density at radius 3 is 2.00 bits per heavy atom. The molecule has 0 aliphatic carbocycles. The van der Waals surface area contributed by atoms with Crippen molar-refractivity contribution in [2.75, 3.05) is 6.61 Å². The monoisotopic (exact) mass is 453 g/mol. The lowest BCUT2D eigenvalue weighted by molar-refractivity contribution is -0.170. The number of rotatable bonds is 6. The average Bonchev–Trinajstić information content (AvgIpc) is 2.65. The largest absolute Gasteiger partial charge is 0.440 e. The molecule has 2 aromatic carbocycles. The molecule has 30 heavy (non-hydrogen) atoms. The Morgan fingerprint density at radius 1 is 0.933 bits per heavy atom. The SMILES string of the molecule is O=C(NC(c1ccc(Cl)cc1)C(C(=O)c1ccccc1)C(F)(F)F)OCC(F)(F)F. The van der Waals surface area contributed by atoms with Crippen LogP contribution in [-0.2, 0) is 4.74 Å². The van der Waals surface area contributed by atoms with Gasteiger partial charge in [0, 0.05) is 10.6 Å². The third kappa shape index (κ3) is 6.65. The first-order chi connectivity index (χ1) is 13.9. The van der Waals surface area contributed by atoms with Crippen LogP contribution in [0.15, 0.2) is 54.6 Å². The van der Waals surface area contributed by atoms with E-state index in [9.17, 15) is 35.9 Å². The minimum Gasteiger partial charge on any atom is -0.440 e. The summed E-state index contributed by atoms with van der Waals surface area (Å²) in [6, 6.07) is 9.11. The minimum absolute atomic E-state index is 0.162. The van der Waals surface area contributed by atoms with Gasteiger partial charge < -0.3 is 10.1 Å². The average molecular weight is 454 g/mol. The maximum atomic E-state index is 13.9. The number of amides is 1. The van der Waals surface area contributed by atoms with Gasteiger partial charge in [-0.2, -0.15) is 26.3 Å². The molecule has 0 spiro atoms. The summed E-state index contributed by atoms with van der Waals surface area (Å²) in [6.45, 7) is -2.00. The highest BCUT2D eigenvalue weighted by Gasteiger charge is 2.51. The summed E-state index contributed by atoms with van der Waals surface area (Å²) >= 11 is 5.72. The van der Waals surface area contributed by atoms with Crippen molar-refractivity contribution < 1.29 is 40.7 Å². The van der Waals surface area contributed by atoms with Crippen LogP contribution in [0.25, 0.3) is 0 Å². The third-order valence-electron chi connectivity index (χ3n) is 3.90. The highest BCUT2D eigenvalue weighted by Crippen LogP contribution is 2.39. The summed E-state index contributed by atoms with van der Waals surface area (Å²) in [5, 5.41) is 1.90. The Balaban J connectivity index is 2.44. The highest BCUT2D eigenvalue weighted by molar-refractivity contribution is 6.30. The molecule has 4 nitrogen and oxygen atoms in total. The number of Topliss-reactive ketones (excluding diaryl/α,β-unsaturated/α-hetero) is 1. The van der Waals surface area contributed by atoms with Gasteiger partial charge in [-0.1, -0.05) is 54.1 Å². The summed E-state index contributed by atoms with van der Waals surface area (Å²) < 4.78 is 82.4. The van der Waals surface area contributed by atoms with Gasteiger partial charge in [0.1, 0.15) is 5.92 Å². The number of alkyl carbamates (subject to hydrolysis) is 1. The predicted molar refractivity (Wildman–Crippen MR) is 95.0 cm³/mol. The lowest BCUT2D eigenvalue weighted by atomic mass is 9.86. The van der Waals surface area contributed by atoms with Crippen LogP contribution < -0.4 is 5.32 Å². The van der Waals surface area contributed by atoms with E-state index in [0.29, 0.717) is 0 Å². The zero-order chi connectivity index (χ0) is 22.5. The number of ether oxygens (including phenoxy) is 1. The fourth-order valence-corrected chi connectivity index (χ4v) is 2.74. The van der Waals surface area contributed by atoms with E-state index in [1.807, 2.05) is 0 Å². The molecule has 1 N–H and O–H groups in total. The summed E-state index contributed by atoms with van der Waals surface area (Å²) in [5.41, 5.74) is -0.487. The number of hydrogen-bond donors (Lipinski definition) is 1. The molecular weight excluding hydrogens is 440 g/mol. The molecule has 11 heteroatoms. The van der Waals surface area contributed by atoms with E-state index < -0.39 is 42.8 Å². The molecule has 0 aliphatic heterocycles. The molecule has 0 aromatic heterocycles. The summed E-state index contributed by atoms with van der Waals surface area (Å²) in [5.74, 6) is -4.17. The predicted octanol–water partition coefficient (Wildman–Crippen LogP) is 5.73. The van der Waals surface area contributed by atoms with Crippen LogP contribution >= 0.6 is 11.6 Å². The number of ketones is 1. The van der Waals surface area contributed by atoms with Crippen molar-refractivity contribution in [3.63, 3.8) is 0 Å². The van der Waals surface area contributed by atoms with Gasteiger partial charge >= 0.3 is 18.4 Å². The van der Waals surface area contributed by atoms with Crippen LogP contribution in [0.1, 0.15) is 22.0 Å². The van der Waals surface area contributed by atoms with Gasteiger partial charge in [0.25, 0.3) is 0 Å². The quantitative estimate of drug-likeness (QED) is 0.449. The zero-order valence-corrected chi connectivity index (χ0v) is 15.7. The van der Waals surface area contributed by atoms with Crippen molar-refractivity contribution in [2.45, 2.75) is 18.4 Å². The number of nitrogens with one attached hydrogen (secondary N) is 1. The summed E-state index contributed by atoms with van der Waals surface area (Å²) in [6.07, 6.45) is -11.8. The van der Waals surface area contributed by atoms with E-state index >= 15 is 0 Å². The molecule has 2 unspecified atom stereocenters. The minimum atomic E-state index is -5.14. The number of alkyl halides is 6. The molecule has 0 saturated heterocycles. The van der Waals surface area contributed by atoms with Crippen molar-refractivity contribution in [1.82, 2.24) is 5.32 Å². The molecule has 0 saturated carbocycles. The molecule has 2 aromatic rings. The Hall–Kier alpha value is -2.75. The maximum Gasteiger partial charge on any atom is 0.422 e. The van der Waals surface area contributed by atoms with Gasteiger partial charge in [-0.25, -0.2) is 4.79 Å². The first kappa shape index (κ1) is 23.5. The molecule has 0 radical (unpaired) electrons. The number of benzene rings is 2. The zero-order valence-electron chi connectivity index (χ0n) is 14.9. The Morgan fingerprint density at radius 2 is 1.50 bits per heavy atom. The van der Waals surface area contributed by atoms with Crippen LogP contribution in [0.3, 0.4) is 0 Å². The van der Waals surface area contributed by atoms with Crippen LogP contribution in [0, 0.1) is 5.92 Å². The van der Waals surface area contributed by atoms with E-state index in [1.54, 1.807) is 5.32 Å². The second-order valence-corrected chi connectivity index (χ2v) is 6.55. The maximum absolute atomic E-state index is 13.9. The molecule has 0 bridgehead atoms. The molecule has 2 rings (SSSR count). The topological polar surface area (TPSA) is 55.4 Å². The molecule has 1 amide bonds. The second-order valence-electron chi connectivity index (χ2n) is 6.11. The fourth-order valence-electron chi connectivity index (χ4n) is 2.62. The van der Waals surface area contributed by atoms with Crippen molar-refractivity contribution >= 4 is 23.5 Å². The van der Waals surface area contributed by atoms with Crippen LogP contribution in [-0.4, -0.2) is 30.8 Å². The van der Waals surface area contributed by atoms with Gasteiger partial charge in [0.05, 0.1) is 6.04 Å². The fraction of sp³-hybridized carbons (Fsp3) is 0.263. The molecular formula is C19H14ClF6NO3. The van der Waals surface area contributed by atoms with E-state index in [2.05, 4.69) is 4.74 Å². The lowest BCUT2D eigenvalue weighted by Crippen LogP contribution is -2.44. The van der Waals surface area contributed by atoms with Gasteiger partial charge in [0.2, 0.25) is 0 Å². The molecule has 0 aliphatic rings. The Kier molecular flexibility index (Phi) is 7.35. The number of carbonyl (C=O) groups excluding carboxylic acids is 2. The van der Waals surface area contributed by atoms with E-state index in [0.717, 1.165) is 24.3 Å². The van der Waals surface area contributed by atoms with Crippen molar-refractivity contribution in [1.29, 1.82) is 0 Å². The Labute approximate surface area is 171 Å². The second kappa shape index (κ2) is 9.38. The van der Waals surface area contributed by atoms with Crippen molar-refractivity contribution in [3.05, 3.63) is 70.7 Å². The molecule has 0 heterocycles. The smallest absolute Gasteiger partial charge is 0.422 e. The Bertz CT molecular complexity index is 869. The normalized spacial score (nSPS) is 14.0. The van der Waals surface area contributed by atoms with Crippen LogP contribution in [0.5, 0.6) is 0 Å². The van der Waals surface area contributed by atoms with Crippen molar-refractivity contribution in [3.8, 4) is 0 Å². The summed E-state index contributed by atoms with van der Waals surface area (Å²) in [4.78, 5) is 24.4. The number of hydrogen-bond acceptors (Lipinski definition) is 3.